The molecule has 0 atom stereocenters. The highest BCUT2D eigenvalue weighted by atomic mass is 35.5. The molecule has 3 aromatic heterocycles. The fourth-order valence-corrected chi connectivity index (χ4v) is 5.83. The van der Waals surface area contributed by atoms with Gasteiger partial charge in [0.2, 0.25) is 5.91 Å². The number of thiophene rings is 1. The first-order valence-electron chi connectivity index (χ1n) is 12.7. The van der Waals surface area contributed by atoms with Crippen LogP contribution in [0.3, 0.4) is 0 Å². The van der Waals surface area contributed by atoms with E-state index < -0.39 is 23.8 Å². The lowest BCUT2D eigenvalue weighted by molar-refractivity contribution is -0.113. The van der Waals surface area contributed by atoms with E-state index in [9.17, 15) is 19.2 Å². The molecule has 1 aromatic carbocycles. The largest absolute Gasteiger partial charge is 0.462 e. The molecule has 220 valence electrons. The third kappa shape index (κ3) is 7.19. The van der Waals surface area contributed by atoms with Gasteiger partial charge in [0.1, 0.15) is 9.88 Å². The molecule has 2 amide bonds. The number of amides is 2. The zero-order valence-electron chi connectivity index (χ0n) is 22.8. The van der Waals surface area contributed by atoms with E-state index in [1.807, 2.05) is 0 Å². The van der Waals surface area contributed by atoms with Crippen LogP contribution in [-0.4, -0.2) is 57.5 Å². The summed E-state index contributed by atoms with van der Waals surface area (Å²) in [5.41, 5.74) is 1.08. The predicted molar refractivity (Wildman–Crippen MR) is 157 cm³/mol. The molecule has 0 aliphatic heterocycles. The summed E-state index contributed by atoms with van der Waals surface area (Å²) in [5, 5.41) is 14.9. The van der Waals surface area contributed by atoms with Crippen molar-refractivity contribution in [2.24, 2.45) is 0 Å². The van der Waals surface area contributed by atoms with Crippen LogP contribution in [0, 0.1) is 6.92 Å². The summed E-state index contributed by atoms with van der Waals surface area (Å²) in [6.07, 6.45) is 1.40. The maximum Gasteiger partial charge on any atom is 0.348 e. The Morgan fingerprint density at radius 2 is 1.83 bits per heavy atom. The third-order valence-electron chi connectivity index (χ3n) is 5.59. The van der Waals surface area contributed by atoms with Crippen LogP contribution in [0.4, 0.5) is 5.00 Å². The van der Waals surface area contributed by atoms with Gasteiger partial charge in [-0.15, -0.1) is 21.5 Å². The molecular formula is C27H26ClN5O7S2. The quantitative estimate of drug-likeness (QED) is 0.163. The summed E-state index contributed by atoms with van der Waals surface area (Å²) >= 11 is 8.24. The highest BCUT2D eigenvalue weighted by Crippen LogP contribution is 2.35. The molecule has 0 spiro atoms. The number of hydrogen-bond donors (Lipinski definition) is 2. The Bertz CT molecular complexity index is 1600. The second-order valence-electron chi connectivity index (χ2n) is 8.41. The average molecular weight is 632 g/mol. The van der Waals surface area contributed by atoms with E-state index in [-0.39, 0.29) is 46.7 Å². The number of carbonyl (C=O) groups excluding carboxylic acids is 4. The normalized spacial score (nSPS) is 10.8. The molecule has 0 aliphatic rings. The Kier molecular flexibility index (Phi) is 10.4. The molecule has 0 saturated carbocycles. The van der Waals surface area contributed by atoms with Crippen molar-refractivity contribution in [2.75, 3.05) is 24.3 Å². The van der Waals surface area contributed by atoms with Crippen molar-refractivity contribution in [3.8, 4) is 5.69 Å². The number of nitrogens with zero attached hydrogens (tertiary/aromatic N) is 3. The second kappa shape index (κ2) is 14.2. The topological polar surface area (TPSA) is 155 Å². The van der Waals surface area contributed by atoms with Crippen molar-refractivity contribution in [3.63, 3.8) is 0 Å². The molecule has 0 bridgehead atoms. The minimum absolute atomic E-state index is 0.0137. The highest BCUT2D eigenvalue weighted by molar-refractivity contribution is 7.99. The first kappa shape index (κ1) is 30.8. The number of furan rings is 1. The number of hydrogen-bond acceptors (Lipinski definition) is 11. The van der Waals surface area contributed by atoms with E-state index in [1.54, 1.807) is 55.7 Å². The Morgan fingerprint density at radius 1 is 1.07 bits per heavy atom. The third-order valence-corrected chi connectivity index (χ3v) is 7.94. The van der Waals surface area contributed by atoms with Crippen LogP contribution >= 0.6 is 34.7 Å². The van der Waals surface area contributed by atoms with Crippen molar-refractivity contribution < 1.29 is 33.1 Å². The van der Waals surface area contributed by atoms with Crippen LogP contribution in [0.25, 0.3) is 5.69 Å². The summed E-state index contributed by atoms with van der Waals surface area (Å²) < 4.78 is 17.0. The molecule has 0 unspecified atom stereocenters. The van der Waals surface area contributed by atoms with E-state index in [0.29, 0.717) is 27.3 Å². The lowest BCUT2D eigenvalue weighted by atomic mass is 10.1. The van der Waals surface area contributed by atoms with Gasteiger partial charge in [0.05, 0.1) is 43.0 Å². The molecule has 0 radical (unpaired) electrons. The number of rotatable bonds is 12. The van der Waals surface area contributed by atoms with Gasteiger partial charge >= 0.3 is 11.9 Å². The van der Waals surface area contributed by atoms with Gasteiger partial charge < -0.3 is 24.5 Å². The van der Waals surface area contributed by atoms with Gasteiger partial charge in [0.25, 0.3) is 5.91 Å². The van der Waals surface area contributed by atoms with Crippen molar-refractivity contribution in [1.29, 1.82) is 0 Å². The van der Waals surface area contributed by atoms with Gasteiger partial charge in [-0.05, 0) is 56.7 Å². The molecule has 0 saturated heterocycles. The number of esters is 2. The Morgan fingerprint density at radius 3 is 2.52 bits per heavy atom. The molecule has 0 fully saturated rings. The highest BCUT2D eigenvalue weighted by Gasteiger charge is 2.27. The number of aromatic nitrogens is 3. The van der Waals surface area contributed by atoms with E-state index in [2.05, 4.69) is 20.8 Å². The van der Waals surface area contributed by atoms with Gasteiger partial charge in [-0.2, -0.15) is 0 Å². The first-order chi connectivity index (χ1) is 20.2. The molecule has 4 aromatic rings. The number of thioether (sulfide) groups is 1. The molecule has 4 rings (SSSR count). The smallest absolute Gasteiger partial charge is 0.348 e. The standard InChI is InChI=1S/C27H26ClN5O7S2/c1-4-38-25(36)21-15(3)22(26(37)39-5-2)42-24(21)30-20(34)14-41-27-32-31-19(13-29-23(35)18-10-7-11-40-18)33(27)17-9-6-8-16(28)12-17/h6-12H,4-5,13-14H2,1-3H3,(H,29,35)(H,30,34). The number of halogens is 1. The summed E-state index contributed by atoms with van der Waals surface area (Å²) in [6, 6.07) is 10.1. The monoisotopic (exact) mass is 631 g/mol. The Balaban J connectivity index is 1.54. The lowest BCUT2D eigenvalue weighted by Gasteiger charge is -2.11. The van der Waals surface area contributed by atoms with Crippen molar-refractivity contribution >= 4 is 63.5 Å². The minimum Gasteiger partial charge on any atom is -0.462 e. The van der Waals surface area contributed by atoms with Gasteiger partial charge in [-0.3, -0.25) is 14.2 Å². The molecular weight excluding hydrogens is 606 g/mol. The van der Waals surface area contributed by atoms with E-state index in [4.69, 9.17) is 25.5 Å². The molecule has 3 heterocycles. The molecule has 0 aliphatic carbocycles. The number of nitrogens with one attached hydrogen (secondary N) is 2. The van der Waals surface area contributed by atoms with Crippen molar-refractivity contribution in [1.82, 2.24) is 20.1 Å². The van der Waals surface area contributed by atoms with Gasteiger partial charge in [0, 0.05) is 5.02 Å². The van der Waals surface area contributed by atoms with E-state index >= 15 is 0 Å². The molecule has 15 heteroatoms. The van der Waals surface area contributed by atoms with Crippen LogP contribution in [0.5, 0.6) is 0 Å². The van der Waals surface area contributed by atoms with Crippen molar-refractivity contribution in [3.05, 3.63) is 75.3 Å². The first-order valence-corrected chi connectivity index (χ1v) is 14.8. The molecule has 42 heavy (non-hydrogen) atoms. The summed E-state index contributed by atoms with van der Waals surface area (Å²) in [7, 11) is 0. The maximum absolute atomic E-state index is 13.1. The molecule has 12 nitrogen and oxygen atoms in total. The Hall–Kier alpha value is -4.14. The molecule has 2 N–H and O–H groups in total. The maximum atomic E-state index is 13.1. The average Bonchev–Trinajstić information content (AvgIpc) is 3.70. The van der Waals surface area contributed by atoms with Crippen LogP contribution < -0.4 is 10.6 Å². The van der Waals surface area contributed by atoms with E-state index in [1.165, 1.54) is 12.3 Å². The van der Waals surface area contributed by atoms with Gasteiger partial charge in [0.15, 0.2) is 16.7 Å². The van der Waals surface area contributed by atoms with Gasteiger partial charge in [-0.1, -0.05) is 29.4 Å². The summed E-state index contributed by atoms with van der Waals surface area (Å²) in [6.45, 7) is 5.22. The zero-order chi connectivity index (χ0) is 30.2. The second-order valence-corrected chi connectivity index (χ2v) is 10.8. The van der Waals surface area contributed by atoms with Crippen molar-refractivity contribution in [2.45, 2.75) is 32.5 Å². The summed E-state index contributed by atoms with van der Waals surface area (Å²) in [5.74, 6) is -1.74. The zero-order valence-corrected chi connectivity index (χ0v) is 25.2. The number of benzene rings is 1. The van der Waals surface area contributed by atoms with Crippen LogP contribution in [0.1, 0.15) is 55.8 Å². The fraction of sp³-hybridized carbons (Fsp3) is 0.259. The number of anilines is 1. The van der Waals surface area contributed by atoms with Crippen LogP contribution in [-0.2, 0) is 20.8 Å². The number of carbonyl (C=O) groups is 4. The number of ether oxygens (including phenoxy) is 2. The van der Waals surface area contributed by atoms with Gasteiger partial charge in [-0.25, -0.2) is 9.59 Å². The SMILES string of the molecule is CCOC(=O)c1sc(NC(=O)CSc2nnc(CNC(=O)c3ccco3)n2-c2cccc(Cl)c2)c(C(=O)OCC)c1C. The van der Waals surface area contributed by atoms with Crippen LogP contribution in [0.2, 0.25) is 5.02 Å². The fourth-order valence-electron chi connectivity index (χ4n) is 3.77. The Labute approximate surface area is 253 Å². The predicted octanol–water partition coefficient (Wildman–Crippen LogP) is 4.90. The minimum atomic E-state index is -0.660. The van der Waals surface area contributed by atoms with E-state index in [0.717, 1.165) is 23.1 Å². The van der Waals surface area contributed by atoms with Crippen LogP contribution in [0.15, 0.2) is 52.2 Å². The lowest BCUT2D eigenvalue weighted by Crippen LogP contribution is -2.24. The summed E-state index contributed by atoms with van der Waals surface area (Å²) in [4.78, 5) is 50.7.